The minimum atomic E-state index is 0.329. The predicted octanol–water partition coefficient (Wildman–Crippen LogP) is 1.36. The van der Waals surface area contributed by atoms with Crippen molar-refractivity contribution >= 4 is 0 Å². The molecule has 0 aliphatic carbocycles. The Hall–Kier alpha value is -0.340. The first kappa shape index (κ1) is 7.32. The Morgan fingerprint density at radius 1 is 1.55 bits per heavy atom. The van der Waals surface area contributed by atoms with Gasteiger partial charge in [-0.05, 0) is 13.3 Å². The van der Waals surface area contributed by atoms with Crippen LogP contribution in [0.4, 0.5) is 0 Å². The molecule has 2 rings (SSSR count). The van der Waals surface area contributed by atoms with Crippen LogP contribution < -0.4 is 0 Å². The topological polar surface area (TPSA) is 18.5 Å². The van der Waals surface area contributed by atoms with Gasteiger partial charge < -0.3 is 9.47 Å². The van der Waals surface area contributed by atoms with Gasteiger partial charge in [-0.15, -0.1) is 0 Å². The summed E-state index contributed by atoms with van der Waals surface area (Å²) in [6.07, 6.45) is 6.49. The molecule has 11 heavy (non-hydrogen) atoms. The van der Waals surface area contributed by atoms with Crippen LogP contribution in [0.25, 0.3) is 0 Å². The lowest BCUT2D eigenvalue weighted by Gasteiger charge is -2.21. The fraction of sp³-hybridized carbons (Fsp3) is 0.778. The summed E-state index contributed by atoms with van der Waals surface area (Å²) in [7, 11) is 1.76. The van der Waals surface area contributed by atoms with Gasteiger partial charge in [0.05, 0.1) is 18.3 Å². The normalized spacial score (nSPS) is 43.3. The first-order valence-electron chi connectivity index (χ1n) is 4.18. The summed E-state index contributed by atoms with van der Waals surface area (Å²) < 4.78 is 10.9. The SMILES string of the molecule is COC(C)C1CC2C=CC1O2. The Morgan fingerprint density at radius 3 is 2.82 bits per heavy atom. The maximum atomic E-state index is 5.62. The third-order valence-corrected chi connectivity index (χ3v) is 2.75. The van der Waals surface area contributed by atoms with Crippen LogP contribution in [0.1, 0.15) is 13.3 Å². The lowest BCUT2D eigenvalue weighted by atomic mass is 9.90. The van der Waals surface area contributed by atoms with Crippen molar-refractivity contribution in [2.45, 2.75) is 31.7 Å². The molecule has 1 fully saturated rings. The van der Waals surface area contributed by atoms with E-state index in [0.717, 1.165) is 6.42 Å². The van der Waals surface area contributed by atoms with Gasteiger partial charge in [-0.2, -0.15) is 0 Å². The third-order valence-electron chi connectivity index (χ3n) is 2.75. The van der Waals surface area contributed by atoms with Crippen LogP contribution in [0.2, 0.25) is 0 Å². The molecule has 1 saturated heterocycles. The molecular formula is C9H14O2. The fourth-order valence-corrected chi connectivity index (χ4v) is 1.94. The van der Waals surface area contributed by atoms with Gasteiger partial charge in [-0.3, -0.25) is 0 Å². The number of hydrogen-bond donors (Lipinski definition) is 0. The number of hydrogen-bond acceptors (Lipinski definition) is 2. The van der Waals surface area contributed by atoms with Crippen LogP contribution >= 0.6 is 0 Å². The van der Waals surface area contributed by atoms with Gasteiger partial charge in [-0.25, -0.2) is 0 Å². The van der Waals surface area contributed by atoms with E-state index in [1.54, 1.807) is 7.11 Å². The van der Waals surface area contributed by atoms with E-state index >= 15 is 0 Å². The van der Waals surface area contributed by atoms with Crippen LogP contribution in [-0.4, -0.2) is 25.4 Å². The summed E-state index contributed by atoms with van der Waals surface area (Å²) in [5, 5.41) is 0. The van der Waals surface area contributed by atoms with Gasteiger partial charge in [-0.1, -0.05) is 12.2 Å². The molecule has 2 heteroatoms. The molecule has 0 aromatic heterocycles. The second-order valence-corrected chi connectivity index (χ2v) is 3.36. The Kier molecular flexibility index (Phi) is 1.74. The standard InChI is InChI=1S/C9H14O2/c1-6(10-2)8-5-7-3-4-9(8)11-7/h3-4,6-9H,5H2,1-2H3. The minimum absolute atomic E-state index is 0.329. The fourth-order valence-electron chi connectivity index (χ4n) is 1.94. The van der Waals surface area contributed by atoms with E-state index in [1.807, 2.05) is 0 Å². The number of fused-ring (bicyclic) bond motifs is 2. The zero-order valence-electron chi connectivity index (χ0n) is 6.99. The van der Waals surface area contributed by atoms with Crippen LogP contribution in [-0.2, 0) is 9.47 Å². The van der Waals surface area contributed by atoms with Crippen molar-refractivity contribution in [2.24, 2.45) is 5.92 Å². The molecule has 4 unspecified atom stereocenters. The zero-order chi connectivity index (χ0) is 7.84. The molecule has 0 radical (unpaired) electrons. The van der Waals surface area contributed by atoms with Gasteiger partial charge in [0.2, 0.25) is 0 Å². The van der Waals surface area contributed by atoms with E-state index in [4.69, 9.17) is 9.47 Å². The molecule has 0 spiro atoms. The van der Waals surface area contributed by atoms with Crippen molar-refractivity contribution in [2.75, 3.05) is 7.11 Å². The maximum absolute atomic E-state index is 5.62. The summed E-state index contributed by atoms with van der Waals surface area (Å²) in [5.74, 6) is 0.579. The first-order valence-corrected chi connectivity index (χ1v) is 4.18. The highest BCUT2D eigenvalue weighted by Crippen LogP contribution is 2.36. The quantitative estimate of drug-likeness (QED) is 0.559. The summed E-state index contributed by atoms with van der Waals surface area (Å²) in [4.78, 5) is 0. The predicted molar refractivity (Wildman–Crippen MR) is 42.4 cm³/mol. The second-order valence-electron chi connectivity index (χ2n) is 3.36. The molecular weight excluding hydrogens is 140 g/mol. The van der Waals surface area contributed by atoms with E-state index in [9.17, 15) is 0 Å². The summed E-state index contributed by atoms with van der Waals surface area (Å²) in [6, 6.07) is 0. The van der Waals surface area contributed by atoms with E-state index in [2.05, 4.69) is 19.1 Å². The summed E-state index contributed by atoms with van der Waals surface area (Å²) >= 11 is 0. The lowest BCUT2D eigenvalue weighted by Crippen LogP contribution is -2.26. The Morgan fingerprint density at radius 2 is 2.36 bits per heavy atom. The van der Waals surface area contributed by atoms with Crippen LogP contribution in [0, 0.1) is 5.92 Å². The third kappa shape index (κ3) is 1.10. The maximum Gasteiger partial charge on any atom is 0.0818 e. The Balaban J connectivity index is 2.02. The summed E-state index contributed by atoms with van der Waals surface area (Å²) in [6.45, 7) is 2.11. The zero-order valence-corrected chi connectivity index (χ0v) is 6.99. The monoisotopic (exact) mass is 154 g/mol. The average Bonchev–Trinajstić information content (AvgIpc) is 2.62. The van der Waals surface area contributed by atoms with Crippen molar-refractivity contribution in [1.82, 2.24) is 0 Å². The molecule has 2 heterocycles. The van der Waals surface area contributed by atoms with Gasteiger partial charge in [0.15, 0.2) is 0 Å². The van der Waals surface area contributed by atoms with Crippen LogP contribution in [0.5, 0.6) is 0 Å². The minimum Gasteiger partial charge on any atom is -0.381 e. The van der Waals surface area contributed by atoms with Gasteiger partial charge in [0.1, 0.15) is 0 Å². The molecule has 4 atom stereocenters. The van der Waals surface area contributed by atoms with Crippen molar-refractivity contribution in [3.05, 3.63) is 12.2 Å². The number of ether oxygens (including phenoxy) is 2. The molecule has 2 bridgehead atoms. The van der Waals surface area contributed by atoms with Crippen molar-refractivity contribution in [1.29, 1.82) is 0 Å². The van der Waals surface area contributed by atoms with E-state index in [0.29, 0.717) is 24.2 Å². The van der Waals surface area contributed by atoms with E-state index in [1.165, 1.54) is 0 Å². The van der Waals surface area contributed by atoms with Gasteiger partial charge in [0.25, 0.3) is 0 Å². The van der Waals surface area contributed by atoms with Crippen molar-refractivity contribution < 1.29 is 9.47 Å². The van der Waals surface area contributed by atoms with Crippen molar-refractivity contribution in [3.63, 3.8) is 0 Å². The van der Waals surface area contributed by atoms with E-state index < -0.39 is 0 Å². The first-order chi connectivity index (χ1) is 5.31. The molecule has 2 aliphatic rings. The highest BCUT2D eigenvalue weighted by Gasteiger charge is 2.39. The smallest absolute Gasteiger partial charge is 0.0818 e. The van der Waals surface area contributed by atoms with Crippen molar-refractivity contribution in [3.8, 4) is 0 Å². The molecule has 0 amide bonds. The molecule has 0 aromatic rings. The number of methoxy groups -OCH3 is 1. The largest absolute Gasteiger partial charge is 0.381 e. The Bertz CT molecular complexity index is 176. The summed E-state index contributed by atoms with van der Waals surface area (Å²) in [5.41, 5.74) is 0. The average molecular weight is 154 g/mol. The molecule has 2 nitrogen and oxygen atoms in total. The Labute approximate surface area is 67.2 Å². The van der Waals surface area contributed by atoms with Crippen LogP contribution in [0.15, 0.2) is 12.2 Å². The van der Waals surface area contributed by atoms with E-state index in [-0.39, 0.29) is 0 Å². The molecule has 0 aromatic carbocycles. The second kappa shape index (κ2) is 2.61. The lowest BCUT2D eigenvalue weighted by molar-refractivity contribution is 0.0355. The van der Waals surface area contributed by atoms with Gasteiger partial charge in [0, 0.05) is 13.0 Å². The molecule has 2 aliphatic heterocycles. The molecule has 62 valence electrons. The van der Waals surface area contributed by atoms with Crippen LogP contribution in [0.3, 0.4) is 0 Å². The molecule has 0 N–H and O–H groups in total. The highest BCUT2D eigenvalue weighted by molar-refractivity contribution is 5.11. The molecule has 0 saturated carbocycles. The van der Waals surface area contributed by atoms with Gasteiger partial charge >= 0.3 is 0 Å². The number of rotatable bonds is 2. The highest BCUT2D eigenvalue weighted by atomic mass is 16.5.